The summed E-state index contributed by atoms with van der Waals surface area (Å²) in [7, 11) is 0. The van der Waals surface area contributed by atoms with Gasteiger partial charge in [-0.2, -0.15) is 4.39 Å². The highest BCUT2D eigenvalue weighted by Gasteiger charge is 2.24. The third kappa shape index (κ3) is 1.81. The SMILES string of the molecule is O=[N+]([O-])c1cc(OC2CC2)ccc1F. The molecule has 4 nitrogen and oxygen atoms in total. The molecule has 74 valence electrons. The van der Waals surface area contributed by atoms with E-state index in [1.807, 2.05) is 0 Å². The molecule has 1 aliphatic rings. The van der Waals surface area contributed by atoms with Crippen molar-refractivity contribution in [2.45, 2.75) is 18.9 Å². The molecule has 1 aliphatic carbocycles. The van der Waals surface area contributed by atoms with Crippen molar-refractivity contribution in [2.24, 2.45) is 0 Å². The normalized spacial score (nSPS) is 15.2. The number of halogens is 1. The number of hydrogen-bond acceptors (Lipinski definition) is 3. The van der Waals surface area contributed by atoms with Gasteiger partial charge in [0.15, 0.2) is 0 Å². The highest BCUT2D eigenvalue weighted by atomic mass is 19.1. The molecule has 14 heavy (non-hydrogen) atoms. The highest BCUT2D eigenvalue weighted by molar-refractivity contribution is 5.39. The molecule has 0 saturated heterocycles. The molecule has 0 atom stereocenters. The molecule has 0 aliphatic heterocycles. The molecule has 5 heteroatoms. The van der Waals surface area contributed by atoms with Crippen molar-refractivity contribution in [3.63, 3.8) is 0 Å². The van der Waals surface area contributed by atoms with E-state index in [1.165, 1.54) is 6.07 Å². The first-order valence-corrected chi connectivity index (χ1v) is 4.27. The number of ether oxygens (including phenoxy) is 1. The van der Waals surface area contributed by atoms with E-state index >= 15 is 0 Å². The molecular formula is C9H8FNO3. The summed E-state index contributed by atoms with van der Waals surface area (Å²) in [5, 5.41) is 10.4. The van der Waals surface area contributed by atoms with Crippen molar-refractivity contribution in [1.29, 1.82) is 0 Å². The maximum absolute atomic E-state index is 12.9. The van der Waals surface area contributed by atoms with Crippen molar-refractivity contribution in [3.8, 4) is 5.75 Å². The van der Waals surface area contributed by atoms with Gasteiger partial charge >= 0.3 is 5.69 Å². The van der Waals surface area contributed by atoms with Crippen LogP contribution >= 0.6 is 0 Å². The monoisotopic (exact) mass is 197 g/mol. The minimum Gasteiger partial charge on any atom is -0.490 e. The quantitative estimate of drug-likeness (QED) is 0.551. The fourth-order valence-corrected chi connectivity index (χ4v) is 1.08. The molecule has 0 heterocycles. The molecule has 0 radical (unpaired) electrons. The summed E-state index contributed by atoms with van der Waals surface area (Å²) in [5.41, 5.74) is -0.539. The third-order valence-electron chi connectivity index (χ3n) is 1.94. The molecule has 0 spiro atoms. The van der Waals surface area contributed by atoms with Gasteiger partial charge in [-0.3, -0.25) is 10.1 Å². The second-order valence-corrected chi connectivity index (χ2v) is 3.19. The zero-order valence-corrected chi connectivity index (χ0v) is 7.27. The van der Waals surface area contributed by atoms with Gasteiger partial charge in [0.25, 0.3) is 0 Å². The lowest BCUT2D eigenvalue weighted by Crippen LogP contribution is -1.98. The summed E-state index contributed by atoms with van der Waals surface area (Å²) in [6.07, 6.45) is 2.08. The van der Waals surface area contributed by atoms with Crippen LogP contribution in [0.4, 0.5) is 10.1 Å². The van der Waals surface area contributed by atoms with Crippen LogP contribution in [-0.2, 0) is 0 Å². The first-order chi connectivity index (χ1) is 6.66. The molecule has 2 rings (SSSR count). The van der Waals surface area contributed by atoms with Gasteiger partial charge in [0, 0.05) is 0 Å². The minimum absolute atomic E-state index is 0.153. The smallest absolute Gasteiger partial charge is 0.308 e. The molecular weight excluding hydrogens is 189 g/mol. The summed E-state index contributed by atoms with van der Waals surface area (Å²) >= 11 is 0. The molecule has 0 bridgehead atoms. The Morgan fingerprint density at radius 2 is 2.21 bits per heavy atom. The number of nitro benzene ring substituents is 1. The van der Waals surface area contributed by atoms with E-state index in [0.717, 1.165) is 25.0 Å². The van der Waals surface area contributed by atoms with Gasteiger partial charge in [-0.25, -0.2) is 0 Å². The Morgan fingerprint density at radius 3 is 2.79 bits per heavy atom. The Labute approximate surface area is 79.5 Å². The van der Waals surface area contributed by atoms with Crippen LogP contribution in [0.25, 0.3) is 0 Å². The van der Waals surface area contributed by atoms with E-state index in [4.69, 9.17) is 4.74 Å². The average Bonchev–Trinajstić information content (AvgIpc) is 2.92. The zero-order valence-electron chi connectivity index (χ0n) is 7.27. The maximum atomic E-state index is 12.9. The lowest BCUT2D eigenvalue weighted by atomic mass is 10.3. The maximum Gasteiger partial charge on any atom is 0.308 e. The van der Waals surface area contributed by atoms with Crippen LogP contribution in [0.3, 0.4) is 0 Å². The van der Waals surface area contributed by atoms with E-state index < -0.39 is 16.4 Å². The van der Waals surface area contributed by atoms with Crippen molar-refractivity contribution < 1.29 is 14.1 Å². The Hall–Kier alpha value is -1.65. The number of nitro groups is 1. The second-order valence-electron chi connectivity index (χ2n) is 3.19. The van der Waals surface area contributed by atoms with Crippen LogP contribution in [0.1, 0.15) is 12.8 Å². The topological polar surface area (TPSA) is 52.4 Å². The summed E-state index contributed by atoms with van der Waals surface area (Å²) in [6, 6.07) is 3.57. The van der Waals surface area contributed by atoms with E-state index in [0.29, 0.717) is 5.75 Å². The van der Waals surface area contributed by atoms with Crippen molar-refractivity contribution in [1.82, 2.24) is 0 Å². The molecule has 1 saturated carbocycles. The molecule has 0 unspecified atom stereocenters. The molecule has 1 fully saturated rings. The first kappa shape index (κ1) is 8.93. The Morgan fingerprint density at radius 1 is 1.50 bits per heavy atom. The second kappa shape index (κ2) is 3.25. The summed E-state index contributed by atoms with van der Waals surface area (Å²) in [5.74, 6) is -0.473. The number of rotatable bonds is 3. The largest absolute Gasteiger partial charge is 0.490 e. The van der Waals surface area contributed by atoms with Crippen molar-refractivity contribution >= 4 is 5.69 Å². The van der Waals surface area contributed by atoms with Gasteiger partial charge in [0.1, 0.15) is 5.75 Å². The predicted molar refractivity (Wildman–Crippen MR) is 46.7 cm³/mol. The molecule has 0 aromatic heterocycles. The van der Waals surface area contributed by atoms with Gasteiger partial charge in [-0.1, -0.05) is 0 Å². The van der Waals surface area contributed by atoms with Crippen LogP contribution in [-0.4, -0.2) is 11.0 Å². The fraction of sp³-hybridized carbons (Fsp3) is 0.333. The van der Waals surface area contributed by atoms with Gasteiger partial charge < -0.3 is 4.74 Å². The van der Waals surface area contributed by atoms with Gasteiger partial charge in [-0.15, -0.1) is 0 Å². The van der Waals surface area contributed by atoms with Crippen LogP contribution < -0.4 is 4.74 Å². The van der Waals surface area contributed by atoms with Gasteiger partial charge in [0.05, 0.1) is 17.1 Å². The van der Waals surface area contributed by atoms with Crippen molar-refractivity contribution in [3.05, 3.63) is 34.1 Å². The number of benzene rings is 1. The van der Waals surface area contributed by atoms with Crippen LogP contribution in [0.2, 0.25) is 0 Å². The van der Waals surface area contributed by atoms with Crippen LogP contribution in [0.5, 0.6) is 5.75 Å². The average molecular weight is 197 g/mol. The number of nitrogens with zero attached hydrogens (tertiary/aromatic N) is 1. The lowest BCUT2D eigenvalue weighted by molar-refractivity contribution is -0.387. The molecule has 0 amide bonds. The molecule has 1 aromatic rings. The Kier molecular flexibility index (Phi) is 2.07. The molecule has 1 aromatic carbocycles. The first-order valence-electron chi connectivity index (χ1n) is 4.27. The minimum atomic E-state index is -0.835. The van der Waals surface area contributed by atoms with E-state index in [9.17, 15) is 14.5 Å². The summed E-state index contributed by atoms with van der Waals surface area (Å²) in [6.45, 7) is 0. The zero-order chi connectivity index (χ0) is 10.1. The standard InChI is InChI=1S/C9H8FNO3/c10-8-4-3-7(14-6-1-2-6)5-9(8)11(12)13/h3-6H,1-2H2. The van der Waals surface area contributed by atoms with E-state index in [-0.39, 0.29) is 6.10 Å². The highest BCUT2D eigenvalue weighted by Crippen LogP contribution is 2.29. The Balaban J connectivity index is 2.24. The predicted octanol–water partition coefficient (Wildman–Crippen LogP) is 2.28. The summed E-state index contributed by atoms with van der Waals surface area (Å²) < 4.78 is 18.2. The van der Waals surface area contributed by atoms with Gasteiger partial charge in [-0.05, 0) is 25.0 Å². The van der Waals surface area contributed by atoms with Crippen LogP contribution in [0, 0.1) is 15.9 Å². The lowest BCUT2D eigenvalue weighted by Gasteiger charge is -2.03. The van der Waals surface area contributed by atoms with E-state index in [1.54, 1.807) is 0 Å². The number of hydrogen-bond donors (Lipinski definition) is 0. The van der Waals surface area contributed by atoms with E-state index in [2.05, 4.69) is 0 Å². The Bertz CT molecular complexity index is 376. The fourth-order valence-electron chi connectivity index (χ4n) is 1.08. The van der Waals surface area contributed by atoms with Crippen LogP contribution in [0.15, 0.2) is 18.2 Å². The molecule has 0 N–H and O–H groups in total. The third-order valence-corrected chi connectivity index (χ3v) is 1.94. The van der Waals surface area contributed by atoms with Crippen molar-refractivity contribution in [2.75, 3.05) is 0 Å². The van der Waals surface area contributed by atoms with Gasteiger partial charge in [0.2, 0.25) is 5.82 Å². The summed E-state index contributed by atoms with van der Waals surface area (Å²) in [4.78, 5) is 9.63.